The number of aliphatic hydroxyl groups excluding tert-OH is 1. The lowest BCUT2D eigenvalue weighted by atomic mass is 10.1. The van der Waals surface area contributed by atoms with Gasteiger partial charge in [-0.25, -0.2) is 4.98 Å². The molecular formula is C13H19ClN2O2. The molecule has 1 fully saturated rings. The van der Waals surface area contributed by atoms with Crippen LogP contribution in [0, 0.1) is 0 Å². The molecule has 0 amide bonds. The van der Waals surface area contributed by atoms with Gasteiger partial charge in [-0.2, -0.15) is 0 Å². The molecule has 0 spiro atoms. The van der Waals surface area contributed by atoms with Gasteiger partial charge in [0.05, 0.1) is 13.2 Å². The van der Waals surface area contributed by atoms with Crippen LogP contribution in [-0.2, 0) is 6.61 Å². The highest BCUT2D eigenvalue weighted by Crippen LogP contribution is 2.23. The van der Waals surface area contributed by atoms with E-state index in [1.807, 2.05) is 0 Å². The quantitative estimate of drug-likeness (QED) is 0.890. The normalized spacial score (nSPS) is 20.3. The predicted octanol–water partition coefficient (Wildman–Crippen LogP) is 2.09. The second kappa shape index (κ2) is 6.36. The Hall–Kier alpha value is -0.840. The van der Waals surface area contributed by atoms with E-state index in [2.05, 4.69) is 16.9 Å². The van der Waals surface area contributed by atoms with E-state index in [1.165, 1.54) is 19.4 Å². The number of aromatic nitrogens is 1. The van der Waals surface area contributed by atoms with Gasteiger partial charge < -0.3 is 14.7 Å². The minimum Gasteiger partial charge on any atom is -0.477 e. The van der Waals surface area contributed by atoms with Gasteiger partial charge in [-0.05, 0) is 44.5 Å². The number of halogens is 1. The van der Waals surface area contributed by atoms with Crippen molar-refractivity contribution in [1.82, 2.24) is 9.88 Å². The van der Waals surface area contributed by atoms with Crippen molar-refractivity contribution in [3.63, 3.8) is 0 Å². The van der Waals surface area contributed by atoms with E-state index >= 15 is 0 Å². The van der Waals surface area contributed by atoms with Gasteiger partial charge in [-0.1, -0.05) is 11.6 Å². The van der Waals surface area contributed by atoms with Gasteiger partial charge in [-0.3, -0.25) is 0 Å². The highest BCUT2D eigenvalue weighted by molar-refractivity contribution is 6.31. The Balaban J connectivity index is 1.83. The Morgan fingerprint density at radius 3 is 3.06 bits per heavy atom. The Morgan fingerprint density at radius 1 is 1.61 bits per heavy atom. The number of likely N-dealkylation sites (tertiary alicyclic amines) is 1. The topological polar surface area (TPSA) is 45.6 Å². The van der Waals surface area contributed by atoms with Gasteiger partial charge in [0.2, 0.25) is 5.88 Å². The molecule has 1 aromatic rings. The lowest BCUT2D eigenvalue weighted by molar-refractivity contribution is 0.228. The predicted molar refractivity (Wildman–Crippen MR) is 70.9 cm³/mol. The maximum Gasteiger partial charge on any atom is 0.232 e. The molecule has 1 saturated heterocycles. The molecule has 1 atom stereocenters. The molecular weight excluding hydrogens is 252 g/mol. The SMILES string of the molecule is CN1CCCC1CCOc1ncc(CO)cc1Cl. The molecule has 0 aromatic carbocycles. The fourth-order valence-electron chi connectivity index (χ4n) is 2.29. The molecule has 0 radical (unpaired) electrons. The number of pyridine rings is 1. The maximum absolute atomic E-state index is 8.96. The zero-order chi connectivity index (χ0) is 13.0. The van der Waals surface area contributed by atoms with Crippen molar-refractivity contribution in [3.05, 3.63) is 22.8 Å². The van der Waals surface area contributed by atoms with Crippen molar-refractivity contribution < 1.29 is 9.84 Å². The number of ether oxygens (including phenoxy) is 1. The monoisotopic (exact) mass is 270 g/mol. The fourth-order valence-corrected chi connectivity index (χ4v) is 2.54. The van der Waals surface area contributed by atoms with Gasteiger partial charge in [-0.15, -0.1) is 0 Å². The highest BCUT2D eigenvalue weighted by Gasteiger charge is 2.20. The fraction of sp³-hybridized carbons (Fsp3) is 0.615. The van der Waals surface area contributed by atoms with Crippen molar-refractivity contribution in [2.24, 2.45) is 0 Å². The lowest BCUT2D eigenvalue weighted by Crippen LogP contribution is -2.26. The molecule has 18 heavy (non-hydrogen) atoms. The molecule has 1 aliphatic heterocycles. The van der Waals surface area contributed by atoms with Crippen LogP contribution in [0.15, 0.2) is 12.3 Å². The Bertz CT molecular complexity index is 401. The van der Waals surface area contributed by atoms with Crippen LogP contribution in [0.4, 0.5) is 0 Å². The first kappa shape index (κ1) is 13.6. The summed E-state index contributed by atoms with van der Waals surface area (Å²) in [6.07, 6.45) is 5.09. The van der Waals surface area contributed by atoms with Crippen LogP contribution in [0.5, 0.6) is 5.88 Å². The Morgan fingerprint density at radius 2 is 2.44 bits per heavy atom. The molecule has 2 rings (SSSR count). The van der Waals surface area contributed by atoms with Crippen LogP contribution in [0.3, 0.4) is 0 Å². The minimum atomic E-state index is -0.0557. The molecule has 0 bridgehead atoms. The molecule has 4 nitrogen and oxygen atoms in total. The van der Waals surface area contributed by atoms with E-state index in [1.54, 1.807) is 12.3 Å². The standard InChI is InChI=1S/C13H19ClN2O2/c1-16-5-2-3-11(16)4-6-18-13-12(14)7-10(9-17)8-15-13/h7-8,11,17H,2-6,9H2,1H3. The molecule has 1 unspecified atom stereocenters. The largest absolute Gasteiger partial charge is 0.477 e. The number of hydrogen-bond acceptors (Lipinski definition) is 4. The summed E-state index contributed by atoms with van der Waals surface area (Å²) >= 11 is 6.02. The summed E-state index contributed by atoms with van der Waals surface area (Å²) in [4.78, 5) is 6.47. The van der Waals surface area contributed by atoms with Gasteiger partial charge in [0, 0.05) is 12.2 Å². The second-order valence-corrected chi connectivity index (χ2v) is 5.11. The molecule has 1 aliphatic rings. The molecule has 100 valence electrons. The van der Waals surface area contributed by atoms with E-state index in [4.69, 9.17) is 21.4 Å². The summed E-state index contributed by atoms with van der Waals surface area (Å²) in [7, 11) is 2.15. The molecule has 0 saturated carbocycles. The summed E-state index contributed by atoms with van der Waals surface area (Å²) in [5.74, 6) is 0.453. The maximum atomic E-state index is 8.96. The molecule has 2 heterocycles. The minimum absolute atomic E-state index is 0.0557. The van der Waals surface area contributed by atoms with Crippen LogP contribution in [0.25, 0.3) is 0 Å². The van der Waals surface area contributed by atoms with E-state index < -0.39 is 0 Å². The third kappa shape index (κ3) is 3.34. The van der Waals surface area contributed by atoms with Crippen LogP contribution < -0.4 is 4.74 Å². The number of rotatable bonds is 5. The summed E-state index contributed by atoms with van der Waals surface area (Å²) in [5.41, 5.74) is 0.697. The number of aliphatic hydroxyl groups is 1. The Kier molecular flexibility index (Phi) is 4.80. The second-order valence-electron chi connectivity index (χ2n) is 4.70. The van der Waals surface area contributed by atoms with E-state index in [-0.39, 0.29) is 6.61 Å². The lowest BCUT2D eigenvalue weighted by Gasteiger charge is -2.19. The van der Waals surface area contributed by atoms with Crippen LogP contribution in [0.2, 0.25) is 5.02 Å². The van der Waals surface area contributed by atoms with Crippen molar-refractivity contribution in [3.8, 4) is 5.88 Å². The van der Waals surface area contributed by atoms with E-state index in [0.29, 0.717) is 29.1 Å². The first-order chi connectivity index (χ1) is 8.70. The highest BCUT2D eigenvalue weighted by atomic mass is 35.5. The molecule has 0 aliphatic carbocycles. The average molecular weight is 271 g/mol. The average Bonchev–Trinajstić information content (AvgIpc) is 2.77. The van der Waals surface area contributed by atoms with Crippen molar-refractivity contribution in [2.45, 2.75) is 31.9 Å². The molecule has 1 aromatic heterocycles. The smallest absolute Gasteiger partial charge is 0.232 e. The van der Waals surface area contributed by atoms with Gasteiger partial charge in [0.1, 0.15) is 5.02 Å². The Labute approximate surface area is 113 Å². The van der Waals surface area contributed by atoms with Gasteiger partial charge in [0.25, 0.3) is 0 Å². The zero-order valence-corrected chi connectivity index (χ0v) is 11.4. The number of hydrogen-bond donors (Lipinski definition) is 1. The van der Waals surface area contributed by atoms with Crippen LogP contribution in [0.1, 0.15) is 24.8 Å². The third-order valence-corrected chi connectivity index (χ3v) is 3.68. The van der Waals surface area contributed by atoms with Crippen molar-refractivity contribution in [2.75, 3.05) is 20.2 Å². The van der Waals surface area contributed by atoms with Gasteiger partial charge in [0.15, 0.2) is 0 Å². The first-order valence-electron chi connectivity index (χ1n) is 6.29. The summed E-state index contributed by atoms with van der Waals surface area (Å²) in [5, 5.41) is 9.42. The van der Waals surface area contributed by atoms with Crippen LogP contribution >= 0.6 is 11.6 Å². The zero-order valence-electron chi connectivity index (χ0n) is 10.6. The summed E-state index contributed by atoms with van der Waals surface area (Å²) in [6.45, 7) is 1.74. The molecule has 1 N–H and O–H groups in total. The molecule has 5 heteroatoms. The van der Waals surface area contributed by atoms with Gasteiger partial charge >= 0.3 is 0 Å². The number of nitrogens with zero attached hydrogens (tertiary/aromatic N) is 2. The first-order valence-corrected chi connectivity index (χ1v) is 6.67. The van der Waals surface area contributed by atoms with Crippen molar-refractivity contribution >= 4 is 11.6 Å². The van der Waals surface area contributed by atoms with E-state index in [9.17, 15) is 0 Å². The van der Waals surface area contributed by atoms with E-state index in [0.717, 1.165) is 6.42 Å². The summed E-state index contributed by atoms with van der Waals surface area (Å²) in [6, 6.07) is 2.30. The summed E-state index contributed by atoms with van der Waals surface area (Å²) < 4.78 is 5.60. The van der Waals surface area contributed by atoms with Crippen molar-refractivity contribution in [1.29, 1.82) is 0 Å². The van der Waals surface area contributed by atoms with Crippen LogP contribution in [-0.4, -0.2) is 41.2 Å². The third-order valence-electron chi connectivity index (χ3n) is 3.41.